The van der Waals surface area contributed by atoms with E-state index >= 15 is 0 Å². The number of nitriles is 1. The minimum Gasteiger partial charge on any atom is -0.309 e. The molecule has 8 heteroatoms. The highest BCUT2D eigenvalue weighted by molar-refractivity contribution is 7.54. The van der Waals surface area contributed by atoms with E-state index in [1.54, 1.807) is 26.0 Å². The fourth-order valence-corrected chi connectivity index (χ4v) is 5.29. The minimum absolute atomic E-state index is 0.153. The van der Waals surface area contributed by atoms with E-state index in [9.17, 15) is 19.4 Å². The molecule has 2 rings (SSSR count). The van der Waals surface area contributed by atoms with Gasteiger partial charge in [-0.25, -0.2) is 0 Å². The number of amides is 2. The molecule has 126 valence electrons. The van der Waals surface area contributed by atoms with Crippen molar-refractivity contribution in [3.63, 3.8) is 0 Å². The molecule has 0 unspecified atom stereocenters. The van der Waals surface area contributed by atoms with Gasteiger partial charge in [-0.05, 0) is 20.3 Å². The van der Waals surface area contributed by atoms with Crippen molar-refractivity contribution in [3.8, 4) is 6.07 Å². The molecular formula is C15H21N2O5P. The molecule has 0 aromatic rings. The summed E-state index contributed by atoms with van der Waals surface area (Å²) in [5.41, 5.74) is -0.691. The molecular weight excluding hydrogens is 319 g/mol. The lowest BCUT2D eigenvalue weighted by Crippen LogP contribution is -2.47. The van der Waals surface area contributed by atoms with Crippen LogP contribution in [0.2, 0.25) is 0 Å². The molecule has 0 aromatic carbocycles. The van der Waals surface area contributed by atoms with E-state index in [0.717, 1.165) is 4.90 Å². The topological polar surface area (TPSA) is 96.7 Å². The normalized spacial score (nSPS) is 28.2. The molecule has 1 heterocycles. The number of likely N-dealkylation sites (tertiary alicyclic amines) is 1. The standard InChI is InChI=1S/C15H21N2O5P/c1-3-21-23(20,22-4-2)13-7-5-6-12(11(13)10-16)17-14(18)8-9-15(17)19/h5-6,11-13H,3-4,7-9H2,1-2H3/t11-,12-,13-/m1/s1. The maximum Gasteiger partial charge on any atom is 0.335 e. The summed E-state index contributed by atoms with van der Waals surface area (Å²) in [6.45, 7) is 3.80. The van der Waals surface area contributed by atoms with Gasteiger partial charge in [-0.1, -0.05) is 12.2 Å². The number of hydrogen-bond acceptors (Lipinski definition) is 6. The SMILES string of the molecule is CCOP(=O)(OCC)[C@@H]1CC=C[C@@H](N2C(=O)CCC2=O)[C@H]1C#N. The smallest absolute Gasteiger partial charge is 0.309 e. The number of carbonyl (C=O) groups is 2. The zero-order chi connectivity index (χ0) is 17.0. The lowest BCUT2D eigenvalue weighted by molar-refractivity contribution is -0.140. The average molecular weight is 340 g/mol. The monoisotopic (exact) mass is 340 g/mol. The van der Waals surface area contributed by atoms with Crippen molar-refractivity contribution in [1.82, 2.24) is 4.90 Å². The van der Waals surface area contributed by atoms with Crippen LogP contribution in [-0.4, -0.2) is 41.6 Å². The number of hydrogen-bond donors (Lipinski definition) is 0. The molecule has 1 fully saturated rings. The van der Waals surface area contributed by atoms with Crippen molar-refractivity contribution in [2.45, 2.75) is 44.8 Å². The zero-order valence-electron chi connectivity index (χ0n) is 13.3. The van der Waals surface area contributed by atoms with Gasteiger partial charge in [0, 0.05) is 12.8 Å². The van der Waals surface area contributed by atoms with Gasteiger partial charge >= 0.3 is 7.60 Å². The molecule has 23 heavy (non-hydrogen) atoms. The van der Waals surface area contributed by atoms with E-state index < -0.39 is 25.2 Å². The van der Waals surface area contributed by atoms with E-state index in [2.05, 4.69) is 6.07 Å². The Morgan fingerprint density at radius 1 is 1.26 bits per heavy atom. The van der Waals surface area contributed by atoms with Crippen molar-refractivity contribution in [1.29, 1.82) is 5.26 Å². The highest BCUT2D eigenvalue weighted by Gasteiger charge is 2.49. The van der Waals surface area contributed by atoms with Crippen LogP contribution in [0.1, 0.15) is 33.1 Å². The van der Waals surface area contributed by atoms with E-state index in [1.165, 1.54) is 0 Å². The second-order valence-electron chi connectivity index (χ2n) is 5.41. The van der Waals surface area contributed by atoms with Crippen LogP contribution in [0.15, 0.2) is 12.2 Å². The Balaban J connectivity index is 2.35. The fraction of sp³-hybridized carbons (Fsp3) is 0.667. The number of allylic oxidation sites excluding steroid dienone is 1. The molecule has 0 radical (unpaired) electrons. The fourth-order valence-electron chi connectivity index (χ4n) is 3.10. The van der Waals surface area contributed by atoms with Gasteiger partial charge in [-0.3, -0.25) is 19.1 Å². The van der Waals surface area contributed by atoms with E-state index in [-0.39, 0.29) is 37.9 Å². The second kappa shape index (κ2) is 7.39. The number of rotatable bonds is 6. The van der Waals surface area contributed by atoms with Gasteiger partial charge in [-0.15, -0.1) is 0 Å². The van der Waals surface area contributed by atoms with Crippen molar-refractivity contribution >= 4 is 19.4 Å². The van der Waals surface area contributed by atoms with E-state index in [0.29, 0.717) is 6.42 Å². The second-order valence-corrected chi connectivity index (χ2v) is 7.67. The summed E-state index contributed by atoms with van der Waals surface area (Å²) < 4.78 is 23.8. The Morgan fingerprint density at radius 3 is 2.30 bits per heavy atom. The molecule has 2 amide bonds. The van der Waals surface area contributed by atoms with Crippen molar-refractivity contribution in [3.05, 3.63) is 12.2 Å². The molecule has 1 aliphatic carbocycles. The average Bonchev–Trinajstić information content (AvgIpc) is 2.86. The number of carbonyl (C=O) groups excluding carboxylic acids is 2. The molecule has 7 nitrogen and oxygen atoms in total. The van der Waals surface area contributed by atoms with Crippen LogP contribution < -0.4 is 0 Å². The summed E-state index contributed by atoms with van der Waals surface area (Å²) in [6.07, 6.45) is 4.07. The van der Waals surface area contributed by atoms with Crippen LogP contribution >= 0.6 is 7.60 Å². The number of nitrogens with zero attached hydrogens (tertiary/aromatic N) is 2. The Kier molecular flexibility index (Phi) is 5.74. The Morgan fingerprint density at radius 2 is 1.83 bits per heavy atom. The van der Waals surface area contributed by atoms with Crippen LogP contribution in [-0.2, 0) is 23.2 Å². The minimum atomic E-state index is -3.51. The summed E-state index contributed by atoms with van der Waals surface area (Å²) in [7, 11) is -3.51. The molecule has 0 N–H and O–H groups in total. The summed E-state index contributed by atoms with van der Waals surface area (Å²) in [6, 6.07) is 1.40. The molecule has 3 atom stereocenters. The number of imide groups is 1. The van der Waals surface area contributed by atoms with Crippen molar-refractivity contribution in [2.24, 2.45) is 5.92 Å². The predicted molar refractivity (Wildman–Crippen MR) is 82.4 cm³/mol. The first-order valence-corrected chi connectivity index (χ1v) is 9.39. The highest BCUT2D eigenvalue weighted by atomic mass is 31.2. The van der Waals surface area contributed by atoms with Gasteiger partial charge in [-0.2, -0.15) is 5.26 Å². The third kappa shape index (κ3) is 3.40. The third-order valence-electron chi connectivity index (χ3n) is 4.05. The van der Waals surface area contributed by atoms with Crippen LogP contribution in [0.3, 0.4) is 0 Å². The van der Waals surface area contributed by atoms with Gasteiger partial charge in [0.25, 0.3) is 0 Å². The van der Waals surface area contributed by atoms with Crippen molar-refractivity contribution in [2.75, 3.05) is 13.2 Å². The van der Waals surface area contributed by atoms with Gasteiger partial charge < -0.3 is 9.05 Å². The molecule has 0 bridgehead atoms. The van der Waals surface area contributed by atoms with Gasteiger partial charge in [0.15, 0.2) is 0 Å². The summed E-state index contributed by atoms with van der Waals surface area (Å²) in [5.74, 6) is -1.41. The molecule has 0 saturated carbocycles. The van der Waals surface area contributed by atoms with Gasteiger partial charge in [0.1, 0.15) is 0 Å². The lowest BCUT2D eigenvalue weighted by atomic mass is 9.89. The Bertz CT molecular complexity index is 571. The predicted octanol–water partition coefficient (Wildman–Crippen LogP) is 2.24. The Hall–Kier alpha value is -1.48. The Labute approximate surface area is 135 Å². The summed E-state index contributed by atoms with van der Waals surface area (Å²) in [5, 5.41) is 9.60. The molecule has 2 aliphatic rings. The first-order valence-electron chi connectivity index (χ1n) is 7.78. The van der Waals surface area contributed by atoms with Crippen LogP contribution in [0.5, 0.6) is 0 Å². The maximum absolute atomic E-state index is 13.0. The molecule has 0 aromatic heterocycles. The molecule has 1 saturated heterocycles. The summed E-state index contributed by atoms with van der Waals surface area (Å²) in [4.78, 5) is 25.1. The highest BCUT2D eigenvalue weighted by Crippen LogP contribution is 2.58. The van der Waals surface area contributed by atoms with Crippen LogP contribution in [0, 0.1) is 17.2 Å². The third-order valence-corrected chi connectivity index (χ3v) is 6.64. The zero-order valence-corrected chi connectivity index (χ0v) is 14.2. The van der Waals surface area contributed by atoms with Gasteiger partial charge in [0.05, 0.1) is 36.9 Å². The van der Waals surface area contributed by atoms with E-state index in [1.807, 2.05) is 0 Å². The largest absolute Gasteiger partial charge is 0.335 e. The van der Waals surface area contributed by atoms with E-state index in [4.69, 9.17) is 9.05 Å². The van der Waals surface area contributed by atoms with Crippen LogP contribution in [0.25, 0.3) is 0 Å². The van der Waals surface area contributed by atoms with Gasteiger partial charge in [0.2, 0.25) is 11.8 Å². The van der Waals surface area contributed by atoms with Crippen molar-refractivity contribution < 1.29 is 23.2 Å². The first kappa shape index (κ1) is 17.9. The van der Waals surface area contributed by atoms with Crippen LogP contribution in [0.4, 0.5) is 0 Å². The molecule has 1 aliphatic heterocycles. The first-order chi connectivity index (χ1) is 11.0. The quantitative estimate of drug-likeness (QED) is 0.418. The summed E-state index contributed by atoms with van der Waals surface area (Å²) >= 11 is 0. The maximum atomic E-state index is 13.0. The molecule has 0 spiro atoms. The lowest BCUT2D eigenvalue weighted by Gasteiger charge is -2.37.